The Morgan fingerprint density at radius 3 is 2.80 bits per heavy atom. The molecule has 0 aliphatic heterocycles. The SMILES string of the molecule is CCc1nn(CC)c(CC(N)c2cc(OC)cs2)c1Cl. The normalized spacial score (nSPS) is 12.7. The van der Waals surface area contributed by atoms with Crippen molar-refractivity contribution in [2.24, 2.45) is 5.73 Å². The second-order valence-electron chi connectivity index (χ2n) is 4.58. The average molecular weight is 314 g/mol. The van der Waals surface area contributed by atoms with E-state index in [0.29, 0.717) is 6.42 Å². The summed E-state index contributed by atoms with van der Waals surface area (Å²) in [6.45, 7) is 4.92. The highest BCUT2D eigenvalue weighted by Gasteiger charge is 2.19. The number of rotatable bonds is 6. The van der Waals surface area contributed by atoms with Crippen molar-refractivity contribution in [1.29, 1.82) is 0 Å². The van der Waals surface area contributed by atoms with Gasteiger partial charge in [-0.15, -0.1) is 11.3 Å². The molecule has 2 aromatic rings. The summed E-state index contributed by atoms with van der Waals surface area (Å²) in [5.41, 5.74) is 8.26. The fourth-order valence-electron chi connectivity index (χ4n) is 2.16. The number of nitrogens with two attached hydrogens (primary N) is 1. The summed E-state index contributed by atoms with van der Waals surface area (Å²) in [5, 5.41) is 7.24. The lowest BCUT2D eigenvalue weighted by atomic mass is 10.1. The smallest absolute Gasteiger partial charge is 0.129 e. The minimum atomic E-state index is -0.0897. The zero-order valence-electron chi connectivity index (χ0n) is 12.0. The summed E-state index contributed by atoms with van der Waals surface area (Å²) in [5.74, 6) is 0.852. The fraction of sp³-hybridized carbons (Fsp3) is 0.500. The van der Waals surface area contributed by atoms with Crippen LogP contribution in [-0.2, 0) is 19.4 Å². The molecule has 4 nitrogen and oxygen atoms in total. The maximum atomic E-state index is 6.41. The molecule has 1 unspecified atom stereocenters. The quantitative estimate of drug-likeness (QED) is 0.889. The van der Waals surface area contributed by atoms with Gasteiger partial charge < -0.3 is 10.5 Å². The van der Waals surface area contributed by atoms with E-state index in [1.807, 2.05) is 16.1 Å². The molecule has 110 valence electrons. The van der Waals surface area contributed by atoms with Crippen molar-refractivity contribution in [3.8, 4) is 5.75 Å². The number of halogens is 1. The van der Waals surface area contributed by atoms with Gasteiger partial charge in [0.25, 0.3) is 0 Å². The van der Waals surface area contributed by atoms with Crippen molar-refractivity contribution in [1.82, 2.24) is 9.78 Å². The summed E-state index contributed by atoms with van der Waals surface area (Å²) < 4.78 is 7.15. The maximum Gasteiger partial charge on any atom is 0.129 e. The number of ether oxygens (including phenoxy) is 1. The van der Waals surface area contributed by atoms with Gasteiger partial charge in [0.2, 0.25) is 0 Å². The van der Waals surface area contributed by atoms with Crippen molar-refractivity contribution >= 4 is 22.9 Å². The van der Waals surface area contributed by atoms with Crippen LogP contribution in [0.3, 0.4) is 0 Å². The van der Waals surface area contributed by atoms with Crippen molar-refractivity contribution < 1.29 is 4.74 Å². The lowest BCUT2D eigenvalue weighted by molar-refractivity contribution is 0.416. The Labute approximate surface area is 128 Å². The molecule has 2 rings (SSSR count). The molecule has 0 aromatic carbocycles. The lowest BCUT2D eigenvalue weighted by Crippen LogP contribution is -2.15. The second kappa shape index (κ2) is 6.61. The predicted octanol–water partition coefficient (Wildman–Crippen LogP) is 3.43. The highest BCUT2D eigenvalue weighted by molar-refractivity contribution is 7.10. The molecule has 0 aliphatic rings. The summed E-state index contributed by atoms with van der Waals surface area (Å²) in [6.07, 6.45) is 1.52. The molecule has 0 spiro atoms. The van der Waals surface area contributed by atoms with E-state index in [2.05, 4.69) is 18.9 Å². The van der Waals surface area contributed by atoms with Gasteiger partial charge in [0.05, 0.1) is 23.5 Å². The molecule has 0 radical (unpaired) electrons. The topological polar surface area (TPSA) is 53.1 Å². The first kappa shape index (κ1) is 15.4. The van der Waals surface area contributed by atoms with E-state index < -0.39 is 0 Å². The monoisotopic (exact) mass is 313 g/mol. The first-order valence-electron chi connectivity index (χ1n) is 6.72. The number of thiophene rings is 1. The highest BCUT2D eigenvalue weighted by atomic mass is 35.5. The standard InChI is InChI=1S/C14H20ClN3OS/c1-4-11-14(15)12(18(5-2)17-11)7-10(16)13-6-9(19-3)8-20-13/h6,8,10H,4-5,7,16H2,1-3H3. The highest BCUT2D eigenvalue weighted by Crippen LogP contribution is 2.30. The van der Waals surface area contributed by atoms with Gasteiger partial charge in [-0.05, 0) is 19.4 Å². The number of nitrogens with zero attached hydrogens (tertiary/aromatic N) is 2. The van der Waals surface area contributed by atoms with Crippen LogP contribution in [0, 0.1) is 0 Å². The van der Waals surface area contributed by atoms with Crippen LogP contribution in [0.2, 0.25) is 5.02 Å². The van der Waals surface area contributed by atoms with Crippen LogP contribution in [0.1, 0.15) is 36.2 Å². The van der Waals surface area contributed by atoms with E-state index in [4.69, 9.17) is 22.1 Å². The van der Waals surface area contributed by atoms with Gasteiger partial charge in [0, 0.05) is 29.3 Å². The van der Waals surface area contributed by atoms with Crippen LogP contribution in [0.25, 0.3) is 0 Å². The van der Waals surface area contributed by atoms with E-state index in [1.165, 1.54) is 0 Å². The first-order valence-corrected chi connectivity index (χ1v) is 7.98. The molecular formula is C14H20ClN3OS. The summed E-state index contributed by atoms with van der Waals surface area (Å²) in [6, 6.07) is 1.89. The molecule has 0 fully saturated rings. The average Bonchev–Trinajstić information content (AvgIpc) is 3.05. The van der Waals surface area contributed by atoms with Gasteiger partial charge in [0.15, 0.2) is 0 Å². The van der Waals surface area contributed by atoms with Crippen LogP contribution >= 0.6 is 22.9 Å². The second-order valence-corrected chi connectivity index (χ2v) is 5.90. The number of aryl methyl sites for hydroxylation is 2. The van der Waals surface area contributed by atoms with E-state index >= 15 is 0 Å². The van der Waals surface area contributed by atoms with Gasteiger partial charge in [0.1, 0.15) is 5.75 Å². The minimum Gasteiger partial charge on any atom is -0.496 e. The van der Waals surface area contributed by atoms with Gasteiger partial charge in [-0.25, -0.2) is 0 Å². The van der Waals surface area contributed by atoms with Crippen LogP contribution in [0.15, 0.2) is 11.4 Å². The Bertz CT molecular complexity index is 579. The Morgan fingerprint density at radius 2 is 2.25 bits per heavy atom. The molecular weight excluding hydrogens is 294 g/mol. The van der Waals surface area contributed by atoms with Crippen LogP contribution in [0.5, 0.6) is 5.75 Å². The molecule has 0 saturated carbocycles. The molecule has 0 bridgehead atoms. The Balaban J connectivity index is 2.22. The minimum absolute atomic E-state index is 0.0897. The molecule has 2 aromatic heterocycles. The zero-order valence-corrected chi connectivity index (χ0v) is 13.6. The van der Waals surface area contributed by atoms with E-state index in [0.717, 1.165) is 40.0 Å². The van der Waals surface area contributed by atoms with Crippen LogP contribution in [0.4, 0.5) is 0 Å². The third kappa shape index (κ3) is 3.00. The molecule has 2 heterocycles. The largest absolute Gasteiger partial charge is 0.496 e. The van der Waals surface area contributed by atoms with Crippen molar-refractivity contribution in [3.05, 3.63) is 32.7 Å². The summed E-state index contributed by atoms with van der Waals surface area (Å²) in [7, 11) is 1.66. The summed E-state index contributed by atoms with van der Waals surface area (Å²) >= 11 is 8.02. The zero-order chi connectivity index (χ0) is 14.7. The van der Waals surface area contributed by atoms with Gasteiger partial charge >= 0.3 is 0 Å². The predicted molar refractivity (Wildman–Crippen MR) is 83.8 cm³/mol. The third-order valence-electron chi connectivity index (χ3n) is 3.30. The van der Waals surface area contributed by atoms with Crippen LogP contribution in [-0.4, -0.2) is 16.9 Å². The molecule has 2 N–H and O–H groups in total. The maximum absolute atomic E-state index is 6.41. The Kier molecular flexibility index (Phi) is 5.07. The fourth-order valence-corrected chi connectivity index (χ4v) is 3.36. The molecule has 0 amide bonds. The van der Waals surface area contributed by atoms with Crippen LogP contribution < -0.4 is 10.5 Å². The van der Waals surface area contributed by atoms with E-state index in [-0.39, 0.29) is 6.04 Å². The number of methoxy groups -OCH3 is 1. The molecule has 6 heteroatoms. The lowest BCUT2D eigenvalue weighted by Gasteiger charge is -2.11. The van der Waals surface area contributed by atoms with Crippen molar-refractivity contribution in [2.45, 2.75) is 39.3 Å². The summed E-state index contributed by atoms with van der Waals surface area (Å²) in [4.78, 5) is 1.10. The number of aromatic nitrogens is 2. The molecule has 20 heavy (non-hydrogen) atoms. The molecule has 1 atom stereocenters. The van der Waals surface area contributed by atoms with Crippen molar-refractivity contribution in [2.75, 3.05) is 7.11 Å². The van der Waals surface area contributed by atoms with Gasteiger partial charge in [-0.1, -0.05) is 18.5 Å². The van der Waals surface area contributed by atoms with E-state index in [9.17, 15) is 0 Å². The first-order chi connectivity index (χ1) is 9.60. The Hall–Kier alpha value is -1.04. The van der Waals surface area contributed by atoms with E-state index in [1.54, 1.807) is 18.4 Å². The van der Waals surface area contributed by atoms with Gasteiger partial charge in [-0.3, -0.25) is 4.68 Å². The third-order valence-corrected chi connectivity index (χ3v) is 4.78. The van der Waals surface area contributed by atoms with Gasteiger partial charge in [-0.2, -0.15) is 5.10 Å². The molecule has 0 saturated heterocycles. The van der Waals surface area contributed by atoms with Crippen molar-refractivity contribution in [3.63, 3.8) is 0 Å². The number of hydrogen-bond donors (Lipinski definition) is 1. The molecule has 0 aliphatic carbocycles. The Morgan fingerprint density at radius 1 is 1.50 bits per heavy atom. The number of hydrogen-bond acceptors (Lipinski definition) is 4.